The Bertz CT molecular complexity index is 685. The molecule has 0 amide bonds. The summed E-state index contributed by atoms with van der Waals surface area (Å²) in [5.41, 5.74) is 0.455. The zero-order valence-electron chi connectivity index (χ0n) is 11.9. The second-order valence-corrected chi connectivity index (χ2v) is 8.12. The molecule has 0 saturated carbocycles. The number of carbonyl (C=O) groups is 1. The number of carbonyl (C=O) groups excluding carboxylic acids is 1. The molecule has 1 N–H and O–H groups in total. The summed E-state index contributed by atoms with van der Waals surface area (Å²) in [6.45, 7) is 1.75. The van der Waals surface area contributed by atoms with Crippen molar-refractivity contribution in [1.29, 1.82) is 0 Å². The number of nitrogens with zero attached hydrogens (tertiary/aromatic N) is 1. The first-order valence-corrected chi connectivity index (χ1v) is 9.43. The van der Waals surface area contributed by atoms with Crippen LogP contribution in [0.15, 0.2) is 40.8 Å². The number of thioether (sulfide) groups is 1. The molecule has 0 spiro atoms. The van der Waals surface area contributed by atoms with Crippen molar-refractivity contribution in [1.82, 2.24) is 4.31 Å². The van der Waals surface area contributed by atoms with Crippen LogP contribution < -0.4 is 0 Å². The van der Waals surface area contributed by atoms with E-state index in [1.165, 1.54) is 28.6 Å². The Kier molecular flexibility index (Phi) is 5.68. The highest BCUT2D eigenvalue weighted by Gasteiger charge is 2.36. The Morgan fingerprint density at radius 3 is 2.64 bits per heavy atom. The number of aliphatic hydroxyl groups excluding tert-OH is 1. The van der Waals surface area contributed by atoms with Crippen LogP contribution >= 0.6 is 23.4 Å². The lowest BCUT2D eigenvalue weighted by molar-refractivity contribution is -0.108. The molecule has 0 bridgehead atoms. The van der Waals surface area contributed by atoms with E-state index in [0.717, 1.165) is 11.8 Å². The molecule has 1 aromatic rings. The molecule has 8 heteroatoms. The lowest BCUT2D eigenvalue weighted by Crippen LogP contribution is -2.36. The molecule has 1 aliphatic rings. The lowest BCUT2D eigenvalue weighted by Gasteiger charge is -2.22. The summed E-state index contributed by atoms with van der Waals surface area (Å²) in [7, 11) is -3.68. The van der Waals surface area contributed by atoms with Crippen LogP contribution in [0.25, 0.3) is 0 Å². The van der Waals surface area contributed by atoms with E-state index in [4.69, 9.17) is 16.7 Å². The van der Waals surface area contributed by atoms with Crippen molar-refractivity contribution < 1.29 is 18.3 Å². The van der Waals surface area contributed by atoms with Crippen LogP contribution in [0.5, 0.6) is 0 Å². The third kappa shape index (κ3) is 3.55. The zero-order valence-corrected chi connectivity index (χ0v) is 14.3. The van der Waals surface area contributed by atoms with E-state index >= 15 is 0 Å². The van der Waals surface area contributed by atoms with Crippen LogP contribution in [0.4, 0.5) is 0 Å². The SMILES string of the molecule is C[C@@H]1C(C(=O)SCCO)=CCN1S(=O)(=O)c1ccc(Cl)cc1. The number of hydrogen-bond acceptors (Lipinski definition) is 5. The quantitative estimate of drug-likeness (QED) is 0.867. The molecule has 5 nitrogen and oxygen atoms in total. The van der Waals surface area contributed by atoms with Crippen molar-refractivity contribution in [3.63, 3.8) is 0 Å². The normalized spacial score (nSPS) is 19.2. The van der Waals surface area contributed by atoms with E-state index in [1.54, 1.807) is 13.0 Å². The smallest absolute Gasteiger partial charge is 0.243 e. The minimum atomic E-state index is -3.68. The van der Waals surface area contributed by atoms with Crippen LogP contribution in [0.3, 0.4) is 0 Å². The van der Waals surface area contributed by atoms with Gasteiger partial charge in [-0.25, -0.2) is 8.42 Å². The highest BCUT2D eigenvalue weighted by Crippen LogP contribution is 2.29. The van der Waals surface area contributed by atoms with Gasteiger partial charge in [-0.15, -0.1) is 0 Å². The van der Waals surface area contributed by atoms with Gasteiger partial charge in [-0.3, -0.25) is 4.79 Å². The monoisotopic (exact) mass is 361 g/mol. The summed E-state index contributed by atoms with van der Waals surface area (Å²) in [6, 6.07) is 5.41. The maximum Gasteiger partial charge on any atom is 0.243 e. The largest absolute Gasteiger partial charge is 0.396 e. The second kappa shape index (κ2) is 7.14. The highest BCUT2D eigenvalue weighted by atomic mass is 35.5. The van der Waals surface area contributed by atoms with Gasteiger partial charge in [0.25, 0.3) is 0 Å². The number of benzene rings is 1. The first-order valence-electron chi connectivity index (χ1n) is 6.63. The Balaban J connectivity index is 2.18. The summed E-state index contributed by atoms with van der Waals surface area (Å²) in [6.07, 6.45) is 1.63. The van der Waals surface area contributed by atoms with Gasteiger partial charge in [0.05, 0.1) is 17.5 Å². The number of sulfonamides is 1. The van der Waals surface area contributed by atoms with Crippen molar-refractivity contribution in [2.45, 2.75) is 17.9 Å². The van der Waals surface area contributed by atoms with Crippen LogP contribution in [-0.4, -0.2) is 47.9 Å². The lowest BCUT2D eigenvalue weighted by atomic mass is 10.2. The third-order valence-electron chi connectivity index (χ3n) is 3.35. The Morgan fingerprint density at radius 1 is 1.41 bits per heavy atom. The van der Waals surface area contributed by atoms with Crippen molar-refractivity contribution in [3.8, 4) is 0 Å². The predicted molar refractivity (Wildman–Crippen MR) is 87.4 cm³/mol. The average molecular weight is 362 g/mol. The van der Waals surface area contributed by atoms with E-state index in [0.29, 0.717) is 16.3 Å². The molecule has 22 heavy (non-hydrogen) atoms. The zero-order chi connectivity index (χ0) is 16.3. The molecule has 0 aliphatic carbocycles. The van der Waals surface area contributed by atoms with E-state index in [-0.39, 0.29) is 23.2 Å². The number of hydrogen-bond donors (Lipinski definition) is 1. The summed E-state index contributed by atoms with van der Waals surface area (Å²) in [5.74, 6) is 0.298. The maximum atomic E-state index is 12.6. The van der Waals surface area contributed by atoms with Gasteiger partial charge in [0.15, 0.2) is 0 Å². The fraction of sp³-hybridized carbons (Fsp3) is 0.357. The first-order chi connectivity index (χ1) is 10.4. The topological polar surface area (TPSA) is 74.7 Å². The molecule has 0 aromatic heterocycles. The fourth-order valence-corrected chi connectivity index (χ4v) is 4.57. The molecular formula is C14H16ClNO4S2. The summed E-state index contributed by atoms with van der Waals surface area (Å²) in [5, 5.41) is 9.03. The van der Waals surface area contributed by atoms with Crippen molar-refractivity contribution in [3.05, 3.63) is 40.9 Å². The molecular weight excluding hydrogens is 346 g/mol. The Morgan fingerprint density at radius 2 is 2.05 bits per heavy atom. The number of halogens is 1. The summed E-state index contributed by atoms with van der Waals surface area (Å²) in [4.78, 5) is 12.2. The molecule has 1 heterocycles. The van der Waals surface area contributed by atoms with Gasteiger partial charge in [0.2, 0.25) is 15.1 Å². The van der Waals surface area contributed by atoms with Gasteiger partial charge in [-0.05, 0) is 31.2 Å². The van der Waals surface area contributed by atoms with Gasteiger partial charge in [0.1, 0.15) is 0 Å². The molecule has 0 fully saturated rings. The molecule has 120 valence electrons. The van der Waals surface area contributed by atoms with E-state index in [9.17, 15) is 13.2 Å². The van der Waals surface area contributed by atoms with Gasteiger partial charge in [0, 0.05) is 22.9 Å². The van der Waals surface area contributed by atoms with Gasteiger partial charge < -0.3 is 5.11 Å². The molecule has 1 atom stereocenters. The van der Waals surface area contributed by atoms with E-state index in [1.807, 2.05) is 0 Å². The molecule has 2 rings (SSSR count). The van der Waals surface area contributed by atoms with Crippen molar-refractivity contribution >= 4 is 38.5 Å². The Hall–Kier alpha value is -0.860. The summed E-state index contributed by atoms with van der Waals surface area (Å²) < 4.78 is 26.5. The molecule has 0 unspecified atom stereocenters. The van der Waals surface area contributed by atoms with E-state index in [2.05, 4.69) is 0 Å². The standard InChI is InChI=1S/C14H16ClNO4S2/c1-10-13(14(18)21-9-8-17)6-7-16(10)22(19,20)12-4-2-11(15)3-5-12/h2-6,10,17H,7-9H2,1H3/t10-/m1/s1. The molecule has 0 saturated heterocycles. The highest BCUT2D eigenvalue weighted by molar-refractivity contribution is 8.14. The van der Waals surface area contributed by atoms with Gasteiger partial charge >= 0.3 is 0 Å². The maximum absolute atomic E-state index is 12.6. The predicted octanol–water partition coefficient (Wildman–Crippen LogP) is 1.91. The summed E-state index contributed by atoms with van der Waals surface area (Å²) >= 11 is 6.77. The van der Waals surface area contributed by atoms with Crippen LogP contribution in [0.2, 0.25) is 5.02 Å². The number of rotatable bonds is 5. The van der Waals surface area contributed by atoms with E-state index < -0.39 is 16.1 Å². The Labute approximate surface area is 139 Å². The average Bonchev–Trinajstić information content (AvgIpc) is 2.87. The van der Waals surface area contributed by atoms with Crippen LogP contribution in [0, 0.1) is 0 Å². The minimum absolute atomic E-state index is 0.0924. The van der Waals surface area contributed by atoms with Gasteiger partial charge in [-0.2, -0.15) is 4.31 Å². The second-order valence-electron chi connectivity index (χ2n) is 4.72. The minimum Gasteiger partial charge on any atom is -0.396 e. The molecule has 0 radical (unpaired) electrons. The first kappa shape index (κ1) is 17.5. The van der Waals surface area contributed by atoms with Crippen LogP contribution in [-0.2, 0) is 14.8 Å². The van der Waals surface area contributed by atoms with Crippen molar-refractivity contribution in [2.75, 3.05) is 18.9 Å². The fourth-order valence-electron chi connectivity index (χ4n) is 2.20. The van der Waals surface area contributed by atoms with Crippen molar-refractivity contribution in [2.24, 2.45) is 0 Å². The molecule has 1 aliphatic heterocycles. The third-order valence-corrected chi connectivity index (χ3v) is 6.44. The number of aliphatic hydroxyl groups is 1. The van der Waals surface area contributed by atoms with Gasteiger partial charge in [-0.1, -0.05) is 29.4 Å². The van der Waals surface area contributed by atoms with Crippen LogP contribution in [0.1, 0.15) is 6.92 Å². The molecule has 1 aromatic carbocycles.